The van der Waals surface area contributed by atoms with Crippen LogP contribution in [0, 0.1) is 0 Å². The fourth-order valence-corrected chi connectivity index (χ4v) is 1.97. The third kappa shape index (κ3) is 3.58. The van der Waals surface area contributed by atoms with Crippen LogP contribution in [0.2, 0.25) is 5.02 Å². The number of methoxy groups -OCH3 is 1. The van der Waals surface area contributed by atoms with E-state index in [0.717, 1.165) is 5.56 Å². The summed E-state index contributed by atoms with van der Waals surface area (Å²) in [5.41, 5.74) is 6.96. The Morgan fingerprint density at radius 2 is 2.00 bits per heavy atom. The molecule has 0 aliphatic heterocycles. The Morgan fingerprint density at radius 1 is 1.24 bits per heavy atom. The molecule has 0 aliphatic rings. The van der Waals surface area contributed by atoms with Crippen LogP contribution >= 0.6 is 11.6 Å². The molecule has 0 atom stereocenters. The first-order valence-electron chi connectivity index (χ1n) is 6.18. The van der Waals surface area contributed by atoms with E-state index < -0.39 is 0 Å². The van der Waals surface area contributed by atoms with Crippen LogP contribution in [0.1, 0.15) is 11.1 Å². The Labute approximate surface area is 127 Å². The number of hydrogen-bond acceptors (Lipinski definition) is 4. The lowest BCUT2D eigenvalue weighted by Gasteiger charge is -2.12. The zero-order valence-electron chi connectivity index (χ0n) is 11.4. The van der Waals surface area contributed by atoms with Gasteiger partial charge in [0.15, 0.2) is 17.3 Å². The van der Waals surface area contributed by atoms with Crippen LogP contribution in [0.15, 0.2) is 47.6 Å². The summed E-state index contributed by atoms with van der Waals surface area (Å²) in [6.07, 6.45) is 0. The molecular formula is C15H15ClN2O3. The summed E-state index contributed by atoms with van der Waals surface area (Å²) in [4.78, 5) is 0. The lowest BCUT2D eigenvalue weighted by Crippen LogP contribution is -2.13. The topological polar surface area (TPSA) is 77.1 Å². The minimum atomic E-state index is 0.00551. The molecule has 6 heteroatoms. The average Bonchev–Trinajstić information content (AvgIpc) is 2.53. The van der Waals surface area contributed by atoms with Gasteiger partial charge in [-0.15, -0.1) is 0 Å². The van der Waals surface area contributed by atoms with Crippen molar-refractivity contribution in [3.8, 4) is 11.5 Å². The van der Waals surface area contributed by atoms with Crippen LogP contribution in [-0.4, -0.2) is 18.2 Å². The number of rotatable bonds is 5. The van der Waals surface area contributed by atoms with E-state index in [4.69, 9.17) is 32.0 Å². The molecule has 2 rings (SSSR count). The summed E-state index contributed by atoms with van der Waals surface area (Å²) in [7, 11) is 1.52. The minimum Gasteiger partial charge on any atom is -0.493 e. The van der Waals surface area contributed by atoms with Crippen LogP contribution in [0.25, 0.3) is 0 Å². The molecule has 0 saturated carbocycles. The van der Waals surface area contributed by atoms with Crippen molar-refractivity contribution >= 4 is 17.4 Å². The van der Waals surface area contributed by atoms with E-state index in [1.54, 1.807) is 24.3 Å². The molecule has 0 aromatic heterocycles. The molecule has 0 amide bonds. The van der Waals surface area contributed by atoms with Crippen molar-refractivity contribution in [1.82, 2.24) is 0 Å². The number of amidine groups is 1. The second-order valence-corrected chi connectivity index (χ2v) is 4.64. The Kier molecular flexibility index (Phi) is 4.90. The van der Waals surface area contributed by atoms with Crippen molar-refractivity contribution in [3.05, 3.63) is 58.6 Å². The molecule has 0 heterocycles. The van der Waals surface area contributed by atoms with Gasteiger partial charge in [0.25, 0.3) is 0 Å². The van der Waals surface area contributed by atoms with Gasteiger partial charge in [-0.05, 0) is 24.3 Å². The summed E-state index contributed by atoms with van der Waals surface area (Å²) in [6, 6.07) is 12.5. The number of ether oxygens (including phenoxy) is 2. The van der Waals surface area contributed by atoms with Crippen LogP contribution in [0.5, 0.6) is 11.5 Å². The van der Waals surface area contributed by atoms with Gasteiger partial charge in [0.2, 0.25) is 0 Å². The van der Waals surface area contributed by atoms with E-state index in [1.807, 2.05) is 18.2 Å². The van der Waals surface area contributed by atoms with E-state index >= 15 is 0 Å². The Bertz CT molecular complexity index is 659. The highest BCUT2D eigenvalue weighted by molar-refractivity contribution is 6.31. The molecule has 0 radical (unpaired) electrons. The lowest BCUT2D eigenvalue weighted by molar-refractivity contribution is 0.284. The molecule has 0 saturated heterocycles. The quantitative estimate of drug-likeness (QED) is 0.385. The number of hydrogen-bond donors (Lipinski definition) is 2. The Hall–Kier alpha value is -2.40. The fraction of sp³-hybridized carbons (Fsp3) is 0.133. The van der Waals surface area contributed by atoms with E-state index in [9.17, 15) is 0 Å². The number of nitrogens with two attached hydrogens (primary N) is 1. The van der Waals surface area contributed by atoms with E-state index in [2.05, 4.69) is 5.16 Å². The van der Waals surface area contributed by atoms with Gasteiger partial charge in [-0.2, -0.15) is 0 Å². The van der Waals surface area contributed by atoms with Gasteiger partial charge in [-0.25, -0.2) is 0 Å². The number of halogens is 1. The second-order valence-electron chi connectivity index (χ2n) is 4.23. The third-order valence-corrected chi connectivity index (χ3v) is 3.28. The first-order valence-corrected chi connectivity index (χ1v) is 6.55. The van der Waals surface area contributed by atoms with Crippen molar-refractivity contribution < 1.29 is 14.7 Å². The van der Waals surface area contributed by atoms with E-state index in [-0.39, 0.29) is 5.84 Å². The molecule has 21 heavy (non-hydrogen) atoms. The molecule has 0 bridgehead atoms. The van der Waals surface area contributed by atoms with Crippen LogP contribution in [0.4, 0.5) is 0 Å². The smallest absolute Gasteiger partial charge is 0.170 e. The van der Waals surface area contributed by atoms with Gasteiger partial charge in [-0.1, -0.05) is 35.0 Å². The first kappa shape index (κ1) is 15.0. The monoisotopic (exact) mass is 306 g/mol. The number of benzene rings is 2. The van der Waals surface area contributed by atoms with Crippen LogP contribution in [-0.2, 0) is 6.61 Å². The Balaban J connectivity index is 2.19. The van der Waals surface area contributed by atoms with Gasteiger partial charge in [0.1, 0.15) is 6.61 Å². The largest absolute Gasteiger partial charge is 0.493 e. The van der Waals surface area contributed by atoms with Crippen molar-refractivity contribution in [2.75, 3.05) is 7.11 Å². The highest BCUT2D eigenvalue weighted by Gasteiger charge is 2.09. The maximum atomic E-state index is 8.68. The first-order chi connectivity index (χ1) is 10.2. The highest BCUT2D eigenvalue weighted by atomic mass is 35.5. The predicted octanol–water partition coefficient (Wildman–Crippen LogP) is 3.02. The maximum absolute atomic E-state index is 8.68. The fourth-order valence-electron chi connectivity index (χ4n) is 1.77. The SMILES string of the molecule is COc1cc(/C(N)=N/O)ccc1OCc1ccccc1Cl. The van der Waals surface area contributed by atoms with Crippen LogP contribution < -0.4 is 15.2 Å². The molecule has 0 fully saturated rings. The molecule has 0 unspecified atom stereocenters. The molecule has 0 spiro atoms. The molecular weight excluding hydrogens is 292 g/mol. The second kappa shape index (κ2) is 6.85. The predicted molar refractivity (Wildman–Crippen MR) is 81.3 cm³/mol. The molecule has 0 aliphatic carbocycles. The summed E-state index contributed by atoms with van der Waals surface area (Å²) in [5.74, 6) is 1.05. The molecule has 3 N–H and O–H groups in total. The van der Waals surface area contributed by atoms with Crippen molar-refractivity contribution in [1.29, 1.82) is 0 Å². The van der Waals surface area contributed by atoms with Crippen molar-refractivity contribution in [2.24, 2.45) is 10.9 Å². The van der Waals surface area contributed by atoms with Gasteiger partial charge >= 0.3 is 0 Å². The lowest BCUT2D eigenvalue weighted by atomic mass is 10.2. The number of nitrogens with zero attached hydrogens (tertiary/aromatic N) is 1. The summed E-state index contributed by atoms with van der Waals surface area (Å²) in [5, 5.41) is 12.3. The standard InChI is InChI=1S/C15H15ClN2O3/c1-20-14-8-10(15(17)18-19)6-7-13(14)21-9-11-4-2-3-5-12(11)16/h2-8,19H,9H2,1H3,(H2,17,18). The van der Waals surface area contributed by atoms with Gasteiger partial charge in [-0.3, -0.25) is 0 Å². The van der Waals surface area contributed by atoms with Crippen LogP contribution in [0.3, 0.4) is 0 Å². The molecule has 2 aromatic carbocycles. The Morgan fingerprint density at radius 3 is 2.67 bits per heavy atom. The van der Waals surface area contributed by atoms with Gasteiger partial charge < -0.3 is 20.4 Å². The molecule has 5 nitrogen and oxygen atoms in total. The maximum Gasteiger partial charge on any atom is 0.170 e. The molecule has 2 aromatic rings. The molecule has 110 valence electrons. The van der Waals surface area contributed by atoms with E-state index in [0.29, 0.717) is 28.7 Å². The number of oxime groups is 1. The van der Waals surface area contributed by atoms with Crippen molar-refractivity contribution in [2.45, 2.75) is 6.61 Å². The third-order valence-electron chi connectivity index (χ3n) is 2.91. The van der Waals surface area contributed by atoms with Crippen molar-refractivity contribution in [3.63, 3.8) is 0 Å². The van der Waals surface area contributed by atoms with Gasteiger partial charge in [0.05, 0.1) is 7.11 Å². The average molecular weight is 307 g/mol. The zero-order chi connectivity index (χ0) is 15.2. The summed E-state index contributed by atoms with van der Waals surface area (Å²) in [6.45, 7) is 0.318. The minimum absolute atomic E-state index is 0.00551. The normalized spacial score (nSPS) is 11.2. The highest BCUT2D eigenvalue weighted by Crippen LogP contribution is 2.29. The van der Waals surface area contributed by atoms with E-state index in [1.165, 1.54) is 7.11 Å². The zero-order valence-corrected chi connectivity index (χ0v) is 12.2. The summed E-state index contributed by atoms with van der Waals surface area (Å²) >= 11 is 6.08. The summed E-state index contributed by atoms with van der Waals surface area (Å²) < 4.78 is 11.0. The van der Waals surface area contributed by atoms with Gasteiger partial charge in [0, 0.05) is 16.1 Å².